The highest BCUT2D eigenvalue weighted by atomic mass is 35.5. The fraction of sp³-hybridized carbons (Fsp3) is 0.214. The Balaban J connectivity index is 2.34. The van der Waals surface area contributed by atoms with E-state index in [1.165, 1.54) is 6.20 Å². The van der Waals surface area contributed by atoms with Crippen molar-refractivity contribution >= 4 is 17.5 Å². The standard InChI is InChI=1S/C14H14ClN3O/c1-4-11(15)6-5-9(2)18-10(3)12-13(14(18)19)17-8-7-16-12/h4-8,10H,1H2,2-3H3/b9-5+,11-6+. The molecule has 0 aromatic carbocycles. The van der Waals surface area contributed by atoms with E-state index in [0.29, 0.717) is 16.4 Å². The Morgan fingerprint density at radius 2 is 2.11 bits per heavy atom. The van der Waals surface area contributed by atoms with Crippen LogP contribution >= 0.6 is 11.6 Å². The van der Waals surface area contributed by atoms with Gasteiger partial charge in [-0.3, -0.25) is 9.78 Å². The zero-order chi connectivity index (χ0) is 14.0. The Kier molecular flexibility index (Phi) is 3.81. The van der Waals surface area contributed by atoms with Crippen molar-refractivity contribution in [3.63, 3.8) is 0 Å². The molecular weight excluding hydrogens is 262 g/mol. The smallest absolute Gasteiger partial charge is 0.279 e. The van der Waals surface area contributed by atoms with E-state index < -0.39 is 0 Å². The Morgan fingerprint density at radius 1 is 1.42 bits per heavy atom. The number of halogens is 1. The Morgan fingerprint density at radius 3 is 2.74 bits per heavy atom. The molecule has 4 nitrogen and oxygen atoms in total. The molecule has 0 N–H and O–H groups in total. The highest BCUT2D eigenvalue weighted by molar-refractivity contribution is 6.31. The van der Waals surface area contributed by atoms with Crippen molar-refractivity contribution in [2.75, 3.05) is 0 Å². The number of hydrogen-bond acceptors (Lipinski definition) is 3. The highest BCUT2D eigenvalue weighted by Gasteiger charge is 2.36. The molecule has 0 bridgehead atoms. The molecule has 1 aromatic rings. The van der Waals surface area contributed by atoms with Crippen molar-refractivity contribution in [3.8, 4) is 0 Å². The van der Waals surface area contributed by atoms with Gasteiger partial charge in [0.05, 0.1) is 11.7 Å². The first-order valence-electron chi connectivity index (χ1n) is 5.87. The second-order valence-corrected chi connectivity index (χ2v) is 4.64. The molecule has 0 radical (unpaired) electrons. The predicted octanol–water partition coefficient (Wildman–Crippen LogP) is 3.21. The SMILES string of the molecule is C=C/C(Cl)=C\C=C(/C)N1C(=O)c2nccnc2C1C. The van der Waals surface area contributed by atoms with Crippen LogP contribution in [0.1, 0.15) is 36.1 Å². The van der Waals surface area contributed by atoms with Crippen molar-refractivity contribution in [3.05, 3.63) is 59.3 Å². The van der Waals surface area contributed by atoms with Gasteiger partial charge in [0.15, 0.2) is 5.69 Å². The third kappa shape index (κ3) is 2.44. The zero-order valence-electron chi connectivity index (χ0n) is 10.8. The summed E-state index contributed by atoms with van der Waals surface area (Å²) in [5, 5.41) is 0.521. The first kappa shape index (κ1) is 13.5. The van der Waals surface area contributed by atoms with Crippen LogP contribution in [0.25, 0.3) is 0 Å². The van der Waals surface area contributed by atoms with Crippen LogP contribution in [0, 0.1) is 0 Å². The van der Waals surface area contributed by atoms with E-state index in [1.807, 2.05) is 13.8 Å². The van der Waals surface area contributed by atoms with Crippen molar-refractivity contribution < 1.29 is 4.79 Å². The lowest BCUT2D eigenvalue weighted by Gasteiger charge is -2.21. The predicted molar refractivity (Wildman–Crippen MR) is 74.5 cm³/mol. The molecule has 0 saturated heterocycles. The van der Waals surface area contributed by atoms with Crippen LogP contribution in [-0.4, -0.2) is 20.8 Å². The number of allylic oxidation sites excluding steroid dienone is 5. The third-order valence-corrected chi connectivity index (χ3v) is 3.27. The molecule has 1 aliphatic rings. The average Bonchev–Trinajstić information content (AvgIpc) is 2.68. The van der Waals surface area contributed by atoms with Crippen LogP contribution in [-0.2, 0) is 0 Å². The van der Waals surface area contributed by atoms with Gasteiger partial charge in [-0.1, -0.05) is 24.3 Å². The van der Waals surface area contributed by atoms with Crippen LogP contribution in [0.2, 0.25) is 0 Å². The first-order valence-corrected chi connectivity index (χ1v) is 6.25. The van der Waals surface area contributed by atoms with Gasteiger partial charge < -0.3 is 4.90 Å². The van der Waals surface area contributed by atoms with Crippen molar-refractivity contribution in [1.29, 1.82) is 0 Å². The van der Waals surface area contributed by atoms with Crippen LogP contribution in [0.5, 0.6) is 0 Å². The number of hydrogen-bond donors (Lipinski definition) is 0. The summed E-state index contributed by atoms with van der Waals surface area (Å²) < 4.78 is 0. The number of fused-ring (bicyclic) bond motifs is 1. The molecule has 0 saturated carbocycles. The van der Waals surface area contributed by atoms with Gasteiger partial charge in [0.25, 0.3) is 5.91 Å². The van der Waals surface area contributed by atoms with E-state index in [2.05, 4.69) is 16.5 Å². The summed E-state index contributed by atoms with van der Waals surface area (Å²) in [5.41, 5.74) is 1.91. The lowest BCUT2D eigenvalue weighted by atomic mass is 10.2. The normalized spacial score (nSPS) is 19.6. The highest BCUT2D eigenvalue weighted by Crippen LogP contribution is 2.33. The Hall–Kier alpha value is -1.94. The maximum atomic E-state index is 12.3. The zero-order valence-corrected chi connectivity index (χ0v) is 11.6. The molecule has 98 valence electrons. The second kappa shape index (κ2) is 5.36. The molecule has 1 aliphatic heterocycles. The summed E-state index contributed by atoms with van der Waals surface area (Å²) in [6, 6.07) is -0.122. The molecule has 0 fully saturated rings. The number of carbonyl (C=O) groups excluding carboxylic acids is 1. The number of rotatable bonds is 3. The van der Waals surface area contributed by atoms with Gasteiger partial charge in [-0.25, -0.2) is 4.98 Å². The number of nitrogens with zero attached hydrogens (tertiary/aromatic N) is 3. The molecule has 5 heteroatoms. The van der Waals surface area contributed by atoms with Crippen LogP contribution in [0.3, 0.4) is 0 Å². The molecule has 1 aromatic heterocycles. The minimum Gasteiger partial charge on any atom is -0.302 e. The summed E-state index contributed by atoms with van der Waals surface area (Å²) in [6.45, 7) is 7.34. The monoisotopic (exact) mass is 275 g/mol. The molecule has 1 unspecified atom stereocenters. The molecule has 2 rings (SSSR count). The minimum absolute atomic E-state index is 0.122. The summed E-state index contributed by atoms with van der Waals surface area (Å²) in [4.78, 5) is 22.3. The Labute approximate surface area is 117 Å². The van der Waals surface area contributed by atoms with Crippen LogP contribution < -0.4 is 0 Å². The molecule has 0 spiro atoms. The fourth-order valence-corrected chi connectivity index (χ4v) is 2.11. The maximum absolute atomic E-state index is 12.3. The summed E-state index contributed by atoms with van der Waals surface area (Å²) >= 11 is 5.85. The van der Waals surface area contributed by atoms with Gasteiger partial charge in [0, 0.05) is 23.1 Å². The van der Waals surface area contributed by atoms with E-state index in [-0.39, 0.29) is 11.9 Å². The summed E-state index contributed by atoms with van der Waals surface area (Å²) in [7, 11) is 0. The summed E-state index contributed by atoms with van der Waals surface area (Å²) in [5.74, 6) is -0.132. The van der Waals surface area contributed by atoms with Crippen molar-refractivity contribution in [2.45, 2.75) is 19.9 Å². The molecule has 1 amide bonds. The van der Waals surface area contributed by atoms with Crippen molar-refractivity contribution in [1.82, 2.24) is 14.9 Å². The van der Waals surface area contributed by atoms with Gasteiger partial charge >= 0.3 is 0 Å². The van der Waals surface area contributed by atoms with Gasteiger partial charge in [0.2, 0.25) is 0 Å². The van der Waals surface area contributed by atoms with E-state index in [0.717, 1.165) is 5.70 Å². The van der Waals surface area contributed by atoms with Gasteiger partial charge in [-0.2, -0.15) is 0 Å². The topological polar surface area (TPSA) is 46.1 Å². The van der Waals surface area contributed by atoms with Crippen molar-refractivity contribution in [2.24, 2.45) is 0 Å². The van der Waals surface area contributed by atoms with E-state index in [9.17, 15) is 4.79 Å². The molecule has 2 heterocycles. The van der Waals surface area contributed by atoms with Crippen LogP contribution in [0.15, 0.2) is 47.9 Å². The average molecular weight is 276 g/mol. The van der Waals surface area contributed by atoms with Gasteiger partial charge in [-0.05, 0) is 26.0 Å². The molecule has 0 aliphatic carbocycles. The first-order chi connectivity index (χ1) is 9.06. The van der Waals surface area contributed by atoms with Gasteiger partial charge in [0.1, 0.15) is 0 Å². The third-order valence-electron chi connectivity index (χ3n) is 2.99. The lowest BCUT2D eigenvalue weighted by Crippen LogP contribution is -2.24. The maximum Gasteiger partial charge on any atom is 0.279 e. The minimum atomic E-state index is -0.132. The Bertz CT molecular complexity index is 592. The molecule has 1 atom stereocenters. The van der Waals surface area contributed by atoms with E-state index >= 15 is 0 Å². The lowest BCUT2D eigenvalue weighted by molar-refractivity contribution is 0.0792. The second-order valence-electron chi connectivity index (χ2n) is 4.21. The van der Waals surface area contributed by atoms with E-state index in [1.54, 1.807) is 29.3 Å². The molecule has 19 heavy (non-hydrogen) atoms. The van der Waals surface area contributed by atoms with Gasteiger partial charge in [-0.15, -0.1) is 0 Å². The van der Waals surface area contributed by atoms with E-state index in [4.69, 9.17) is 11.6 Å². The summed E-state index contributed by atoms with van der Waals surface area (Å²) in [6.07, 6.45) is 8.15. The molecular formula is C14H14ClN3O. The number of carbonyl (C=O) groups is 1. The van der Waals surface area contributed by atoms with Crippen LogP contribution in [0.4, 0.5) is 0 Å². The number of amides is 1. The number of aromatic nitrogens is 2. The largest absolute Gasteiger partial charge is 0.302 e. The quantitative estimate of drug-likeness (QED) is 0.796. The fourth-order valence-electron chi connectivity index (χ4n) is 2.05.